The van der Waals surface area contributed by atoms with E-state index in [0.29, 0.717) is 4.91 Å². The van der Waals surface area contributed by atoms with Gasteiger partial charge in [0.25, 0.3) is 11.1 Å². The van der Waals surface area contributed by atoms with E-state index in [0.717, 1.165) is 39.0 Å². The third-order valence-electron chi connectivity index (χ3n) is 5.28. The molecule has 0 aliphatic carbocycles. The number of aryl methyl sites for hydroxylation is 1. The molecule has 1 saturated heterocycles. The predicted molar refractivity (Wildman–Crippen MR) is 112 cm³/mol. The highest BCUT2D eigenvalue weighted by Gasteiger charge is 2.37. The van der Waals surface area contributed by atoms with Crippen LogP contribution in [0.1, 0.15) is 37.5 Å². The van der Waals surface area contributed by atoms with Crippen LogP contribution in [-0.4, -0.2) is 48.3 Å². The van der Waals surface area contributed by atoms with Crippen LogP contribution in [0.3, 0.4) is 0 Å². The second-order valence-electron chi connectivity index (χ2n) is 7.61. The number of rotatable bonds is 3. The summed E-state index contributed by atoms with van der Waals surface area (Å²) in [6, 6.07) is 4.16. The van der Waals surface area contributed by atoms with Gasteiger partial charge in [0.05, 0.1) is 17.6 Å². The molecule has 0 unspecified atom stereocenters. The van der Waals surface area contributed by atoms with E-state index in [2.05, 4.69) is 55.7 Å². The zero-order valence-corrected chi connectivity index (χ0v) is 17.8. The maximum Gasteiger partial charge on any atom is 0.325 e. The van der Waals surface area contributed by atoms with Crippen LogP contribution in [-0.2, 0) is 14.3 Å². The fourth-order valence-corrected chi connectivity index (χ4v) is 4.27. The summed E-state index contributed by atoms with van der Waals surface area (Å²) in [5, 5.41) is -0.463. The number of carbonyl (C=O) groups excluding carboxylic acids is 3. The van der Waals surface area contributed by atoms with Crippen LogP contribution < -0.4 is 4.90 Å². The normalized spacial score (nSPS) is 19.8. The van der Waals surface area contributed by atoms with Crippen LogP contribution in [0.15, 0.2) is 23.1 Å². The fraction of sp³-hybridized carbons (Fsp3) is 0.381. The van der Waals surface area contributed by atoms with Crippen molar-refractivity contribution in [2.24, 2.45) is 0 Å². The molecule has 2 heterocycles. The number of benzene rings is 1. The molecule has 1 fully saturated rings. The summed E-state index contributed by atoms with van der Waals surface area (Å²) in [7, 11) is 3.29. The molecule has 0 bridgehead atoms. The Hall–Kier alpha value is -2.54. The monoisotopic (exact) mass is 400 g/mol. The quantitative estimate of drug-likeness (QED) is 0.567. The van der Waals surface area contributed by atoms with E-state index >= 15 is 0 Å². The molecule has 0 spiro atoms. The second kappa shape index (κ2) is 7.13. The number of anilines is 1. The third-order valence-corrected chi connectivity index (χ3v) is 6.19. The number of likely N-dealkylation sites (N-methyl/N-ethyl adjacent to an activating group) is 1. The molecular weight excluding hydrogens is 376 g/mol. The number of ether oxygens (including phenoxy) is 1. The molecule has 148 valence electrons. The minimum absolute atomic E-state index is 0.0818. The van der Waals surface area contributed by atoms with Gasteiger partial charge in [0.2, 0.25) is 0 Å². The van der Waals surface area contributed by atoms with E-state index in [1.807, 2.05) is 6.92 Å². The lowest BCUT2D eigenvalue weighted by Gasteiger charge is -2.41. The maximum atomic E-state index is 12.6. The number of allylic oxidation sites excluding steroid dienone is 1. The number of carbonyl (C=O) groups is 3. The summed E-state index contributed by atoms with van der Waals surface area (Å²) in [5.74, 6) is -1.09. The molecule has 0 radical (unpaired) electrons. The molecule has 6 nitrogen and oxygen atoms in total. The molecule has 1 aromatic carbocycles. The Morgan fingerprint density at radius 3 is 2.57 bits per heavy atom. The first kappa shape index (κ1) is 20.2. The van der Waals surface area contributed by atoms with E-state index < -0.39 is 17.1 Å². The molecule has 0 N–H and O–H groups in total. The van der Waals surface area contributed by atoms with Crippen molar-refractivity contribution >= 4 is 46.2 Å². The molecule has 2 aliphatic rings. The minimum atomic E-state index is -0.625. The van der Waals surface area contributed by atoms with Crippen LogP contribution in [0.2, 0.25) is 0 Å². The SMILES string of the molecule is COC(=O)CN1C(=O)S/C(=C\c2cc3c(cc2C)N(C)C(C)(C)C=C3C)C1=O. The highest BCUT2D eigenvalue weighted by molar-refractivity contribution is 8.18. The smallest absolute Gasteiger partial charge is 0.325 e. The number of imide groups is 1. The molecule has 28 heavy (non-hydrogen) atoms. The lowest BCUT2D eigenvalue weighted by atomic mass is 9.87. The Bertz CT molecular complexity index is 946. The summed E-state index contributed by atoms with van der Waals surface area (Å²) in [4.78, 5) is 39.6. The first-order valence-corrected chi connectivity index (χ1v) is 9.77. The topological polar surface area (TPSA) is 66.9 Å². The van der Waals surface area contributed by atoms with Gasteiger partial charge in [0.1, 0.15) is 6.54 Å². The van der Waals surface area contributed by atoms with Gasteiger partial charge in [0, 0.05) is 18.3 Å². The first-order valence-electron chi connectivity index (χ1n) is 8.95. The van der Waals surface area contributed by atoms with Crippen LogP contribution in [0, 0.1) is 6.92 Å². The van der Waals surface area contributed by atoms with Crippen LogP contribution in [0.4, 0.5) is 10.5 Å². The third kappa shape index (κ3) is 3.46. The highest BCUT2D eigenvalue weighted by atomic mass is 32.2. The average Bonchev–Trinajstić information content (AvgIpc) is 2.88. The van der Waals surface area contributed by atoms with Gasteiger partial charge in [-0.15, -0.1) is 0 Å². The lowest BCUT2D eigenvalue weighted by Crippen LogP contribution is -2.42. The van der Waals surface area contributed by atoms with Gasteiger partial charge < -0.3 is 9.64 Å². The molecule has 3 rings (SSSR count). The zero-order chi connectivity index (χ0) is 20.8. The Morgan fingerprint density at radius 2 is 1.93 bits per heavy atom. The molecule has 0 atom stereocenters. The van der Waals surface area contributed by atoms with Crippen LogP contribution in [0.25, 0.3) is 11.6 Å². The standard InChI is InChI=1S/C21H24N2O4S/c1-12-7-16-15(13(2)10-21(3,4)22(16)5)8-14(12)9-17-19(25)23(20(26)28-17)11-18(24)27-6/h7-10H,11H2,1-6H3/b17-9-. The van der Waals surface area contributed by atoms with Crippen LogP contribution in [0.5, 0.6) is 0 Å². The molecular formula is C21H24N2O4S. The highest BCUT2D eigenvalue weighted by Crippen LogP contribution is 2.40. The van der Waals surface area contributed by atoms with Gasteiger partial charge in [-0.25, -0.2) is 0 Å². The molecule has 1 aromatic rings. The summed E-state index contributed by atoms with van der Waals surface area (Å²) in [6.45, 7) is 8.03. The van der Waals surface area contributed by atoms with Crippen LogP contribution >= 0.6 is 11.8 Å². The number of methoxy groups -OCH3 is 1. The van der Waals surface area contributed by atoms with E-state index in [1.54, 1.807) is 6.08 Å². The van der Waals surface area contributed by atoms with Gasteiger partial charge in [-0.2, -0.15) is 0 Å². The van der Waals surface area contributed by atoms with Crippen molar-refractivity contribution < 1.29 is 19.1 Å². The molecule has 7 heteroatoms. The molecule has 2 amide bonds. The van der Waals surface area contributed by atoms with E-state index in [-0.39, 0.29) is 12.1 Å². The van der Waals surface area contributed by atoms with Crippen molar-refractivity contribution in [3.05, 3.63) is 39.8 Å². The number of amides is 2. The Balaban J connectivity index is 1.98. The number of nitrogens with zero attached hydrogens (tertiary/aromatic N) is 2. The van der Waals surface area contributed by atoms with Crippen molar-refractivity contribution in [3.8, 4) is 0 Å². The molecule has 0 aromatic heterocycles. The lowest BCUT2D eigenvalue weighted by molar-refractivity contribution is -0.143. The van der Waals surface area contributed by atoms with Crippen molar-refractivity contribution in [3.63, 3.8) is 0 Å². The number of esters is 1. The summed E-state index contributed by atoms with van der Waals surface area (Å²) in [6.07, 6.45) is 3.95. The fourth-order valence-electron chi connectivity index (χ4n) is 3.44. The van der Waals surface area contributed by atoms with E-state index in [4.69, 9.17) is 0 Å². The van der Waals surface area contributed by atoms with E-state index in [9.17, 15) is 14.4 Å². The summed E-state index contributed by atoms with van der Waals surface area (Å²) >= 11 is 0.842. The van der Waals surface area contributed by atoms with Gasteiger partial charge in [-0.05, 0) is 74.4 Å². The zero-order valence-electron chi connectivity index (χ0n) is 17.0. The average molecular weight is 401 g/mol. The first-order chi connectivity index (χ1) is 13.0. The van der Waals surface area contributed by atoms with Crippen molar-refractivity contribution in [2.45, 2.75) is 33.2 Å². The predicted octanol–water partition coefficient (Wildman–Crippen LogP) is 3.84. The van der Waals surface area contributed by atoms with Crippen molar-refractivity contribution in [1.29, 1.82) is 0 Å². The van der Waals surface area contributed by atoms with Crippen molar-refractivity contribution in [1.82, 2.24) is 4.90 Å². The largest absolute Gasteiger partial charge is 0.468 e. The van der Waals surface area contributed by atoms with Crippen molar-refractivity contribution in [2.75, 3.05) is 25.6 Å². The number of fused-ring (bicyclic) bond motifs is 1. The number of thioether (sulfide) groups is 1. The second-order valence-corrected chi connectivity index (χ2v) is 8.60. The van der Waals surface area contributed by atoms with E-state index in [1.165, 1.54) is 12.7 Å². The van der Waals surface area contributed by atoms with Gasteiger partial charge in [0.15, 0.2) is 0 Å². The Morgan fingerprint density at radius 1 is 1.25 bits per heavy atom. The van der Waals surface area contributed by atoms with Gasteiger partial charge >= 0.3 is 5.97 Å². The Kier molecular flexibility index (Phi) is 5.14. The molecule has 2 aliphatic heterocycles. The molecule has 0 saturated carbocycles. The number of hydrogen-bond donors (Lipinski definition) is 0. The number of hydrogen-bond acceptors (Lipinski definition) is 6. The van der Waals surface area contributed by atoms with Gasteiger partial charge in [-0.3, -0.25) is 19.3 Å². The summed E-state index contributed by atoms with van der Waals surface area (Å²) in [5.41, 5.74) is 5.22. The minimum Gasteiger partial charge on any atom is -0.468 e. The summed E-state index contributed by atoms with van der Waals surface area (Å²) < 4.78 is 4.56. The maximum absolute atomic E-state index is 12.6. The Labute approximate surface area is 169 Å². The van der Waals surface area contributed by atoms with Gasteiger partial charge in [-0.1, -0.05) is 6.08 Å².